The predicted molar refractivity (Wildman–Crippen MR) is 116 cm³/mol. The van der Waals surface area contributed by atoms with Crippen LogP contribution in [-0.2, 0) is 9.59 Å². The minimum atomic E-state index is -0.697. The maximum absolute atomic E-state index is 13.3. The minimum Gasteiger partial charge on any atom is -0.350 e. The number of aromatic nitrogens is 2. The van der Waals surface area contributed by atoms with Crippen LogP contribution in [0.5, 0.6) is 0 Å². The van der Waals surface area contributed by atoms with Crippen molar-refractivity contribution in [3.05, 3.63) is 54.5 Å². The maximum atomic E-state index is 13.3. The normalized spacial score (nSPS) is 22.8. The first-order valence-electron chi connectivity index (χ1n) is 10.6. The van der Waals surface area contributed by atoms with Crippen molar-refractivity contribution in [1.29, 1.82) is 0 Å². The topological polar surface area (TPSA) is 67.2 Å². The third kappa shape index (κ3) is 3.19. The molecule has 1 aromatic heterocycles. The Labute approximate surface area is 180 Å². The molecule has 1 saturated carbocycles. The number of carbonyl (C=O) groups is 2. The quantitative estimate of drug-likeness (QED) is 0.698. The molecule has 3 aromatic rings. The van der Waals surface area contributed by atoms with Crippen LogP contribution in [0.2, 0.25) is 0 Å². The van der Waals surface area contributed by atoms with E-state index in [1.165, 1.54) is 12.1 Å². The second-order valence-electron chi connectivity index (χ2n) is 9.17. The fourth-order valence-electron chi connectivity index (χ4n) is 4.61. The van der Waals surface area contributed by atoms with E-state index < -0.39 is 5.41 Å². The Kier molecular flexibility index (Phi) is 4.39. The van der Waals surface area contributed by atoms with E-state index in [4.69, 9.17) is 0 Å². The van der Waals surface area contributed by atoms with Crippen LogP contribution in [-0.4, -0.2) is 33.7 Å². The van der Waals surface area contributed by atoms with E-state index in [-0.39, 0.29) is 35.6 Å². The molecule has 5 rings (SSSR count). The van der Waals surface area contributed by atoms with Gasteiger partial charge >= 0.3 is 0 Å². The molecule has 7 heteroatoms. The van der Waals surface area contributed by atoms with Crippen molar-refractivity contribution in [2.45, 2.75) is 45.7 Å². The molecule has 160 valence electrons. The van der Waals surface area contributed by atoms with Gasteiger partial charge in [0.05, 0.1) is 34.9 Å². The summed E-state index contributed by atoms with van der Waals surface area (Å²) >= 11 is 0. The largest absolute Gasteiger partial charge is 0.350 e. The number of hydrogen-bond acceptors (Lipinski definition) is 3. The molecular weight excluding hydrogens is 395 g/mol. The molecule has 2 fully saturated rings. The SMILES string of the molecule is C[C@H]1[C@H](NC(=O)C2CC2)C(C)(C)C(=O)N1c1ccc2c(cnn2-c2ccc(F)cc2)c1. The van der Waals surface area contributed by atoms with Gasteiger partial charge in [-0.05, 0) is 76.1 Å². The Balaban J connectivity index is 1.47. The van der Waals surface area contributed by atoms with Gasteiger partial charge in [-0.2, -0.15) is 5.10 Å². The first-order chi connectivity index (χ1) is 14.8. The van der Waals surface area contributed by atoms with Gasteiger partial charge in [0.15, 0.2) is 0 Å². The molecule has 2 atom stereocenters. The van der Waals surface area contributed by atoms with Crippen molar-refractivity contribution in [3.8, 4) is 5.69 Å². The van der Waals surface area contributed by atoms with Gasteiger partial charge in [0.2, 0.25) is 11.8 Å². The Morgan fingerprint density at radius 2 is 1.81 bits per heavy atom. The van der Waals surface area contributed by atoms with Crippen molar-refractivity contribution < 1.29 is 14.0 Å². The lowest BCUT2D eigenvalue weighted by molar-refractivity contribution is -0.126. The summed E-state index contributed by atoms with van der Waals surface area (Å²) in [6.07, 6.45) is 3.60. The van der Waals surface area contributed by atoms with Gasteiger partial charge in [-0.3, -0.25) is 9.59 Å². The fraction of sp³-hybridized carbons (Fsp3) is 0.375. The lowest BCUT2D eigenvalue weighted by atomic mass is 9.84. The van der Waals surface area contributed by atoms with Crippen molar-refractivity contribution in [1.82, 2.24) is 15.1 Å². The van der Waals surface area contributed by atoms with Crippen LogP contribution in [0, 0.1) is 17.2 Å². The molecule has 2 amide bonds. The van der Waals surface area contributed by atoms with Crippen molar-refractivity contribution in [2.24, 2.45) is 11.3 Å². The molecule has 31 heavy (non-hydrogen) atoms. The summed E-state index contributed by atoms with van der Waals surface area (Å²) in [5, 5.41) is 8.45. The number of anilines is 1. The smallest absolute Gasteiger partial charge is 0.235 e. The van der Waals surface area contributed by atoms with Crippen LogP contribution in [0.25, 0.3) is 16.6 Å². The highest BCUT2D eigenvalue weighted by Gasteiger charge is 2.53. The lowest BCUT2D eigenvalue weighted by Crippen LogP contribution is -2.49. The molecule has 6 nitrogen and oxygen atoms in total. The molecule has 0 radical (unpaired) electrons. The average Bonchev–Trinajstić information content (AvgIpc) is 3.49. The van der Waals surface area contributed by atoms with Gasteiger partial charge in [0, 0.05) is 17.0 Å². The maximum Gasteiger partial charge on any atom is 0.235 e. The van der Waals surface area contributed by atoms with Crippen LogP contribution in [0.4, 0.5) is 10.1 Å². The van der Waals surface area contributed by atoms with E-state index in [0.717, 1.165) is 35.1 Å². The number of fused-ring (bicyclic) bond motifs is 1. The molecule has 1 aliphatic carbocycles. The van der Waals surface area contributed by atoms with Crippen molar-refractivity contribution in [3.63, 3.8) is 0 Å². The summed E-state index contributed by atoms with van der Waals surface area (Å²) in [7, 11) is 0. The molecule has 1 aliphatic heterocycles. The molecule has 1 saturated heterocycles. The summed E-state index contributed by atoms with van der Waals surface area (Å²) in [5.41, 5.74) is 1.71. The Morgan fingerprint density at radius 3 is 2.48 bits per heavy atom. The molecule has 1 N–H and O–H groups in total. The molecule has 2 aromatic carbocycles. The first kappa shape index (κ1) is 19.7. The zero-order valence-electron chi connectivity index (χ0n) is 17.8. The molecule has 0 spiro atoms. The number of hydrogen-bond donors (Lipinski definition) is 1. The van der Waals surface area contributed by atoms with Gasteiger partial charge in [0.1, 0.15) is 5.82 Å². The molecular formula is C24H25FN4O2. The lowest BCUT2D eigenvalue weighted by Gasteiger charge is -2.27. The van der Waals surface area contributed by atoms with Gasteiger partial charge in [0.25, 0.3) is 0 Å². The number of carbonyl (C=O) groups excluding carboxylic acids is 2. The molecule has 2 heterocycles. The van der Waals surface area contributed by atoms with E-state index in [1.807, 2.05) is 39.0 Å². The zero-order chi connectivity index (χ0) is 21.9. The van der Waals surface area contributed by atoms with Crippen molar-refractivity contribution in [2.75, 3.05) is 4.90 Å². The number of amides is 2. The highest BCUT2D eigenvalue weighted by molar-refractivity contribution is 6.03. The van der Waals surface area contributed by atoms with E-state index in [2.05, 4.69) is 10.4 Å². The van der Waals surface area contributed by atoms with Gasteiger partial charge in [-0.1, -0.05) is 0 Å². The fourth-order valence-corrected chi connectivity index (χ4v) is 4.61. The van der Waals surface area contributed by atoms with Crippen LogP contribution in [0.15, 0.2) is 48.7 Å². The number of halogens is 1. The molecule has 0 bridgehead atoms. The van der Waals surface area contributed by atoms with Gasteiger partial charge in [-0.15, -0.1) is 0 Å². The zero-order valence-corrected chi connectivity index (χ0v) is 17.8. The standard InChI is InChI=1S/C24H25FN4O2/c1-14-21(27-22(30)15-4-5-15)24(2,3)23(31)28(14)19-10-11-20-16(12-19)13-26-29(20)18-8-6-17(25)7-9-18/h6-15,21H,4-5H2,1-3H3,(H,27,30)/t14-,21-/m0/s1. The average molecular weight is 420 g/mol. The second kappa shape index (κ2) is 6.90. The summed E-state index contributed by atoms with van der Waals surface area (Å²) in [5.74, 6) is -0.155. The Morgan fingerprint density at radius 1 is 1.13 bits per heavy atom. The third-order valence-corrected chi connectivity index (χ3v) is 6.58. The van der Waals surface area contributed by atoms with Crippen LogP contribution in [0.3, 0.4) is 0 Å². The highest BCUT2D eigenvalue weighted by atomic mass is 19.1. The minimum absolute atomic E-state index is 0.00799. The molecule has 2 aliphatic rings. The number of nitrogens with one attached hydrogen (secondary N) is 1. The van der Waals surface area contributed by atoms with Crippen LogP contribution >= 0.6 is 0 Å². The van der Waals surface area contributed by atoms with Gasteiger partial charge in [-0.25, -0.2) is 9.07 Å². The van der Waals surface area contributed by atoms with E-state index in [1.54, 1.807) is 27.9 Å². The van der Waals surface area contributed by atoms with E-state index in [0.29, 0.717) is 0 Å². The third-order valence-electron chi connectivity index (χ3n) is 6.58. The van der Waals surface area contributed by atoms with Crippen LogP contribution in [0.1, 0.15) is 33.6 Å². The summed E-state index contributed by atoms with van der Waals surface area (Å²) in [6.45, 7) is 5.78. The van der Waals surface area contributed by atoms with E-state index in [9.17, 15) is 14.0 Å². The van der Waals surface area contributed by atoms with Gasteiger partial charge < -0.3 is 10.2 Å². The number of rotatable bonds is 4. The Hall–Kier alpha value is -3.22. The first-order valence-corrected chi connectivity index (χ1v) is 10.6. The summed E-state index contributed by atoms with van der Waals surface area (Å²) in [4.78, 5) is 27.5. The molecule has 0 unspecified atom stereocenters. The summed E-state index contributed by atoms with van der Waals surface area (Å²) in [6, 6.07) is 11.5. The predicted octanol–water partition coefficient (Wildman–Crippen LogP) is 3.82. The van der Waals surface area contributed by atoms with Crippen molar-refractivity contribution >= 4 is 28.4 Å². The van der Waals surface area contributed by atoms with E-state index >= 15 is 0 Å². The number of nitrogens with zero attached hydrogens (tertiary/aromatic N) is 3. The van der Waals surface area contributed by atoms with Crippen LogP contribution < -0.4 is 10.2 Å². The highest BCUT2D eigenvalue weighted by Crippen LogP contribution is 2.40. The second-order valence-corrected chi connectivity index (χ2v) is 9.17. The summed E-state index contributed by atoms with van der Waals surface area (Å²) < 4.78 is 15.0. The number of benzene rings is 2. The monoisotopic (exact) mass is 420 g/mol. The Bertz CT molecular complexity index is 1180.